The molecule has 1 amide bonds. The van der Waals surface area contributed by atoms with Gasteiger partial charge in [0.2, 0.25) is 5.91 Å². The fourth-order valence-electron chi connectivity index (χ4n) is 2.70. The Morgan fingerprint density at radius 3 is 2.67 bits per heavy atom. The number of amides is 1. The van der Waals surface area contributed by atoms with Crippen LogP contribution in [0.2, 0.25) is 0 Å². The predicted molar refractivity (Wildman–Crippen MR) is 60.6 cm³/mol. The first-order valence-corrected chi connectivity index (χ1v) is 6.12. The van der Waals surface area contributed by atoms with Crippen molar-refractivity contribution in [1.29, 1.82) is 0 Å². The molecule has 3 heteroatoms. The van der Waals surface area contributed by atoms with E-state index < -0.39 is 0 Å². The van der Waals surface area contributed by atoms with Gasteiger partial charge in [0.15, 0.2) is 0 Å². The summed E-state index contributed by atoms with van der Waals surface area (Å²) in [7, 11) is 1.99. The normalized spacial score (nSPS) is 29.7. The van der Waals surface area contributed by atoms with Crippen LogP contribution in [0.25, 0.3) is 0 Å². The van der Waals surface area contributed by atoms with E-state index in [4.69, 9.17) is 0 Å². The van der Waals surface area contributed by atoms with E-state index in [2.05, 4.69) is 17.1 Å². The van der Waals surface area contributed by atoms with Crippen LogP contribution in [0.5, 0.6) is 0 Å². The number of rotatable bonds is 2. The van der Waals surface area contributed by atoms with Crippen molar-refractivity contribution in [2.45, 2.75) is 45.1 Å². The molecule has 1 N–H and O–H groups in total. The highest BCUT2D eigenvalue weighted by Crippen LogP contribution is 2.42. The first kappa shape index (κ1) is 10.9. The van der Waals surface area contributed by atoms with Crippen LogP contribution < -0.4 is 5.32 Å². The first-order valence-electron chi connectivity index (χ1n) is 6.12. The van der Waals surface area contributed by atoms with E-state index in [0.29, 0.717) is 11.9 Å². The van der Waals surface area contributed by atoms with Gasteiger partial charge in [-0.1, -0.05) is 13.3 Å². The molecule has 0 bridgehead atoms. The molecule has 1 aliphatic heterocycles. The third kappa shape index (κ3) is 2.03. The zero-order valence-corrected chi connectivity index (χ0v) is 9.88. The smallest absolute Gasteiger partial charge is 0.228 e. The number of nitrogens with zero attached hydrogens (tertiary/aromatic N) is 1. The second-order valence-electron chi connectivity index (χ2n) is 5.29. The molecular weight excluding hydrogens is 188 g/mol. The third-order valence-corrected chi connectivity index (χ3v) is 4.09. The summed E-state index contributed by atoms with van der Waals surface area (Å²) in [5.74, 6) is 0.397. The molecule has 0 aromatic rings. The Morgan fingerprint density at radius 1 is 1.40 bits per heavy atom. The summed E-state index contributed by atoms with van der Waals surface area (Å²) in [5, 5.41) is 3.28. The summed E-state index contributed by atoms with van der Waals surface area (Å²) in [5.41, 5.74) is -0.0182. The van der Waals surface area contributed by atoms with E-state index in [9.17, 15) is 4.79 Å². The van der Waals surface area contributed by atoms with Crippen molar-refractivity contribution in [3.05, 3.63) is 0 Å². The lowest BCUT2D eigenvalue weighted by Gasteiger charge is -2.43. The molecule has 1 aliphatic carbocycles. The number of hydrogen-bond donors (Lipinski definition) is 1. The summed E-state index contributed by atoms with van der Waals surface area (Å²) >= 11 is 0. The van der Waals surface area contributed by atoms with Crippen molar-refractivity contribution in [1.82, 2.24) is 10.2 Å². The van der Waals surface area contributed by atoms with Gasteiger partial charge in [-0.25, -0.2) is 0 Å². The quantitative estimate of drug-likeness (QED) is 0.747. The van der Waals surface area contributed by atoms with Crippen LogP contribution in [-0.2, 0) is 4.79 Å². The lowest BCUT2D eigenvalue weighted by molar-refractivity contribution is -0.147. The molecule has 0 spiro atoms. The van der Waals surface area contributed by atoms with Crippen LogP contribution in [0, 0.1) is 5.41 Å². The fourth-order valence-corrected chi connectivity index (χ4v) is 2.70. The average molecular weight is 210 g/mol. The Bertz CT molecular complexity index is 248. The molecular formula is C12H22N2O. The second-order valence-corrected chi connectivity index (χ2v) is 5.29. The van der Waals surface area contributed by atoms with Crippen LogP contribution >= 0.6 is 0 Å². The van der Waals surface area contributed by atoms with Gasteiger partial charge in [-0.05, 0) is 32.7 Å². The van der Waals surface area contributed by atoms with Crippen molar-refractivity contribution in [2.75, 3.05) is 20.1 Å². The zero-order chi connectivity index (χ0) is 10.9. The van der Waals surface area contributed by atoms with Crippen LogP contribution in [0.15, 0.2) is 0 Å². The van der Waals surface area contributed by atoms with Gasteiger partial charge in [0.05, 0.1) is 0 Å². The minimum Gasteiger partial charge on any atom is -0.341 e. The van der Waals surface area contributed by atoms with Crippen molar-refractivity contribution < 1.29 is 4.79 Å². The average Bonchev–Trinajstić information content (AvgIpc) is 2.25. The highest BCUT2D eigenvalue weighted by molar-refractivity contribution is 5.83. The van der Waals surface area contributed by atoms with E-state index in [1.807, 2.05) is 7.05 Å². The summed E-state index contributed by atoms with van der Waals surface area (Å²) in [6.07, 6.45) is 5.76. The van der Waals surface area contributed by atoms with E-state index in [0.717, 1.165) is 32.4 Å². The van der Waals surface area contributed by atoms with Gasteiger partial charge in [0, 0.05) is 24.5 Å². The minimum atomic E-state index is -0.0182. The molecule has 1 saturated carbocycles. The first-order chi connectivity index (χ1) is 7.15. The zero-order valence-electron chi connectivity index (χ0n) is 9.88. The molecule has 86 valence electrons. The highest BCUT2D eigenvalue weighted by atomic mass is 16.2. The Morgan fingerprint density at radius 2 is 2.13 bits per heavy atom. The van der Waals surface area contributed by atoms with Crippen LogP contribution in [-0.4, -0.2) is 37.0 Å². The SMILES string of the molecule is CNC1CCCN(C(=O)C2(C)CCC2)C1. The van der Waals surface area contributed by atoms with Gasteiger partial charge in [-0.3, -0.25) is 4.79 Å². The lowest BCUT2D eigenvalue weighted by Crippen LogP contribution is -2.53. The monoisotopic (exact) mass is 210 g/mol. The Kier molecular flexibility index (Phi) is 3.01. The van der Waals surface area contributed by atoms with Crippen molar-refractivity contribution in [3.63, 3.8) is 0 Å². The summed E-state index contributed by atoms with van der Waals surface area (Å²) in [6.45, 7) is 4.00. The molecule has 3 nitrogen and oxygen atoms in total. The largest absolute Gasteiger partial charge is 0.341 e. The maximum absolute atomic E-state index is 12.3. The number of nitrogens with one attached hydrogen (secondary N) is 1. The van der Waals surface area contributed by atoms with Gasteiger partial charge in [-0.2, -0.15) is 0 Å². The van der Waals surface area contributed by atoms with Crippen molar-refractivity contribution in [2.24, 2.45) is 5.41 Å². The predicted octanol–water partition coefficient (Wildman–Crippen LogP) is 1.39. The number of piperidine rings is 1. The van der Waals surface area contributed by atoms with Gasteiger partial charge in [-0.15, -0.1) is 0 Å². The molecule has 1 heterocycles. The molecule has 2 aliphatic rings. The van der Waals surface area contributed by atoms with Crippen LogP contribution in [0.3, 0.4) is 0 Å². The fraction of sp³-hybridized carbons (Fsp3) is 0.917. The maximum Gasteiger partial charge on any atom is 0.228 e. The van der Waals surface area contributed by atoms with Crippen LogP contribution in [0.1, 0.15) is 39.0 Å². The highest BCUT2D eigenvalue weighted by Gasteiger charge is 2.42. The van der Waals surface area contributed by atoms with Gasteiger partial charge in [0.25, 0.3) is 0 Å². The number of carbonyl (C=O) groups is 1. The van der Waals surface area contributed by atoms with Crippen molar-refractivity contribution >= 4 is 5.91 Å². The third-order valence-electron chi connectivity index (χ3n) is 4.09. The number of likely N-dealkylation sites (tertiary alicyclic amines) is 1. The summed E-state index contributed by atoms with van der Waals surface area (Å²) < 4.78 is 0. The molecule has 0 radical (unpaired) electrons. The standard InChI is InChI=1S/C12H22N2O/c1-12(6-4-7-12)11(15)14-8-3-5-10(9-14)13-2/h10,13H,3-9H2,1-2H3. The van der Waals surface area contributed by atoms with E-state index in [1.54, 1.807) is 0 Å². The van der Waals surface area contributed by atoms with Crippen LogP contribution in [0.4, 0.5) is 0 Å². The Balaban J connectivity index is 1.95. The van der Waals surface area contributed by atoms with Crippen molar-refractivity contribution in [3.8, 4) is 0 Å². The Hall–Kier alpha value is -0.570. The maximum atomic E-state index is 12.3. The molecule has 1 atom stereocenters. The Labute approximate surface area is 92.2 Å². The van der Waals surface area contributed by atoms with E-state index >= 15 is 0 Å². The second kappa shape index (κ2) is 4.12. The number of carbonyl (C=O) groups excluding carboxylic acids is 1. The topological polar surface area (TPSA) is 32.3 Å². The van der Waals surface area contributed by atoms with E-state index in [1.165, 1.54) is 12.8 Å². The summed E-state index contributed by atoms with van der Waals surface area (Å²) in [4.78, 5) is 14.3. The molecule has 0 aromatic carbocycles. The lowest BCUT2D eigenvalue weighted by atomic mass is 9.69. The molecule has 2 rings (SSSR count). The van der Waals surface area contributed by atoms with Gasteiger partial charge >= 0.3 is 0 Å². The molecule has 15 heavy (non-hydrogen) atoms. The molecule has 2 fully saturated rings. The van der Waals surface area contributed by atoms with Gasteiger partial charge < -0.3 is 10.2 Å². The minimum absolute atomic E-state index is 0.0182. The molecule has 0 aromatic heterocycles. The molecule has 1 unspecified atom stereocenters. The number of hydrogen-bond acceptors (Lipinski definition) is 2. The van der Waals surface area contributed by atoms with E-state index in [-0.39, 0.29) is 5.41 Å². The summed E-state index contributed by atoms with van der Waals surface area (Å²) in [6, 6.07) is 0.506. The van der Waals surface area contributed by atoms with Gasteiger partial charge in [0.1, 0.15) is 0 Å². The molecule has 1 saturated heterocycles. The number of likely N-dealkylation sites (N-methyl/N-ethyl adjacent to an activating group) is 1.